The number of nitriles is 1. The normalized spacial score (nSPS) is 17.7. The molecule has 1 aromatic carbocycles. The Labute approximate surface area is 188 Å². The SMILES string of the molecule is Cn1cc(-c2nc3cc(CNC(=O)c4ccc5c(c4)[C@](C)(C#N)COC5)ncc3s2)cn1. The van der Waals surface area contributed by atoms with E-state index in [1.54, 1.807) is 40.5 Å². The van der Waals surface area contributed by atoms with Crippen LogP contribution in [0.25, 0.3) is 20.8 Å². The molecule has 4 aromatic rings. The molecule has 0 unspecified atom stereocenters. The summed E-state index contributed by atoms with van der Waals surface area (Å²) >= 11 is 1.56. The lowest BCUT2D eigenvalue weighted by atomic mass is 9.79. The van der Waals surface area contributed by atoms with E-state index >= 15 is 0 Å². The van der Waals surface area contributed by atoms with Gasteiger partial charge in [0.15, 0.2) is 0 Å². The summed E-state index contributed by atoms with van der Waals surface area (Å²) in [6.45, 7) is 2.89. The highest BCUT2D eigenvalue weighted by atomic mass is 32.1. The summed E-state index contributed by atoms with van der Waals surface area (Å²) in [5, 5.41) is 17.6. The molecule has 0 radical (unpaired) electrons. The van der Waals surface area contributed by atoms with Gasteiger partial charge in [-0.05, 0) is 36.2 Å². The van der Waals surface area contributed by atoms with Crippen molar-refractivity contribution in [3.05, 3.63) is 65.2 Å². The van der Waals surface area contributed by atoms with E-state index in [4.69, 9.17) is 4.74 Å². The topological polar surface area (TPSA) is 106 Å². The van der Waals surface area contributed by atoms with E-state index in [-0.39, 0.29) is 12.5 Å². The molecular weight excluding hydrogens is 424 g/mol. The zero-order chi connectivity index (χ0) is 22.3. The second-order valence-corrected chi connectivity index (χ2v) is 9.09. The second kappa shape index (κ2) is 7.82. The third-order valence-corrected chi connectivity index (χ3v) is 6.63. The van der Waals surface area contributed by atoms with Gasteiger partial charge in [0.25, 0.3) is 5.91 Å². The van der Waals surface area contributed by atoms with Gasteiger partial charge >= 0.3 is 0 Å². The predicted octanol–water partition coefficient (Wildman–Crippen LogP) is 3.33. The Morgan fingerprint density at radius 3 is 3.03 bits per heavy atom. The molecule has 160 valence electrons. The number of fused-ring (bicyclic) bond motifs is 2. The van der Waals surface area contributed by atoms with Crippen molar-refractivity contribution in [3.63, 3.8) is 0 Å². The number of nitrogens with one attached hydrogen (secondary N) is 1. The molecule has 5 rings (SSSR count). The lowest BCUT2D eigenvalue weighted by Crippen LogP contribution is -2.33. The van der Waals surface area contributed by atoms with Gasteiger partial charge in [0.2, 0.25) is 0 Å². The number of aromatic nitrogens is 4. The van der Waals surface area contributed by atoms with Crippen molar-refractivity contribution in [2.45, 2.75) is 25.5 Å². The number of ether oxygens (including phenoxy) is 1. The molecule has 1 amide bonds. The molecule has 1 N–H and O–H groups in total. The molecule has 32 heavy (non-hydrogen) atoms. The number of benzene rings is 1. The summed E-state index contributed by atoms with van der Waals surface area (Å²) in [4.78, 5) is 21.9. The minimum atomic E-state index is -0.757. The fraction of sp³-hybridized carbons (Fsp3) is 0.261. The van der Waals surface area contributed by atoms with E-state index in [9.17, 15) is 10.1 Å². The number of nitrogens with zero attached hydrogens (tertiary/aromatic N) is 5. The number of pyridine rings is 1. The highest BCUT2D eigenvalue weighted by Crippen LogP contribution is 2.33. The Kier molecular flexibility index (Phi) is 4.96. The molecule has 1 atom stereocenters. The summed E-state index contributed by atoms with van der Waals surface area (Å²) in [5.41, 5.74) is 4.08. The van der Waals surface area contributed by atoms with Gasteiger partial charge in [0, 0.05) is 30.6 Å². The Bertz CT molecular complexity index is 1380. The van der Waals surface area contributed by atoms with Crippen molar-refractivity contribution in [3.8, 4) is 16.6 Å². The third kappa shape index (κ3) is 3.64. The van der Waals surface area contributed by atoms with E-state index in [1.165, 1.54) is 0 Å². The first kappa shape index (κ1) is 20.3. The molecule has 9 heteroatoms. The van der Waals surface area contributed by atoms with E-state index in [2.05, 4.69) is 26.5 Å². The molecule has 0 saturated carbocycles. The number of aryl methyl sites for hydroxylation is 1. The fourth-order valence-electron chi connectivity index (χ4n) is 3.79. The van der Waals surface area contributed by atoms with Gasteiger partial charge in [-0.25, -0.2) is 4.98 Å². The monoisotopic (exact) mass is 444 g/mol. The maximum absolute atomic E-state index is 12.8. The maximum atomic E-state index is 12.8. The van der Waals surface area contributed by atoms with Crippen LogP contribution in [0.1, 0.15) is 34.1 Å². The van der Waals surface area contributed by atoms with Crippen LogP contribution in [0.15, 0.2) is 42.9 Å². The van der Waals surface area contributed by atoms with E-state index in [0.717, 1.165) is 37.6 Å². The average Bonchev–Trinajstić information content (AvgIpc) is 3.43. The highest BCUT2D eigenvalue weighted by molar-refractivity contribution is 7.21. The van der Waals surface area contributed by atoms with Crippen molar-refractivity contribution in [2.24, 2.45) is 7.05 Å². The predicted molar refractivity (Wildman–Crippen MR) is 120 cm³/mol. The number of carbonyl (C=O) groups excluding carboxylic acids is 1. The molecule has 1 aliphatic heterocycles. The van der Waals surface area contributed by atoms with Gasteiger partial charge in [-0.3, -0.25) is 14.5 Å². The van der Waals surface area contributed by atoms with Crippen LogP contribution in [0.2, 0.25) is 0 Å². The van der Waals surface area contributed by atoms with Gasteiger partial charge in [0.05, 0.1) is 47.9 Å². The van der Waals surface area contributed by atoms with Crippen LogP contribution >= 0.6 is 11.3 Å². The van der Waals surface area contributed by atoms with Gasteiger partial charge in [0.1, 0.15) is 10.4 Å². The van der Waals surface area contributed by atoms with Crippen LogP contribution in [0.4, 0.5) is 0 Å². The molecule has 0 spiro atoms. The fourth-order valence-corrected chi connectivity index (χ4v) is 4.68. The third-order valence-electron chi connectivity index (χ3n) is 5.58. The largest absolute Gasteiger partial charge is 0.375 e. The summed E-state index contributed by atoms with van der Waals surface area (Å²) in [7, 11) is 1.87. The molecule has 3 aromatic heterocycles. The lowest BCUT2D eigenvalue weighted by molar-refractivity contribution is 0.0757. The number of hydrogen-bond acceptors (Lipinski definition) is 7. The smallest absolute Gasteiger partial charge is 0.251 e. The molecule has 1 aliphatic rings. The first-order valence-electron chi connectivity index (χ1n) is 10.1. The van der Waals surface area contributed by atoms with Crippen LogP contribution in [0.5, 0.6) is 0 Å². The summed E-state index contributed by atoms with van der Waals surface area (Å²) in [5.74, 6) is -0.212. The van der Waals surface area contributed by atoms with Crippen LogP contribution in [0, 0.1) is 11.3 Å². The zero-order valence-corrected chi connectivity index (χ0v) is 18.4. The Hall–Kier alpha value is -3.61. The number of amides is 1. The standard InChI is InChI=1S/C23H20N6O2S/c1-23(12-24)13-31-11-15-4-3-14(5-18(15)23)21(30)26-8-17-6-19-20(9-25-17)32-22(28-19)16-7-27-29(2)10-16/h3-7,9-10H,8,11,13H2,1-2H3,(H,26,30)/t23-/m1/s1. The summed E-state index contributed by atoms with van der Waals surface area (Å²) in [6.07, 6.45) is 5.49. The Morgan fingerprint density at radius 2 is 2.25 bits per heavy atom. The maximum Gasteiger partial charge on any atom is 0.251 e. The van der Waals surface area contributed by atoms with Crippen molar-refractivity contribution in [2.75, 3.05) is 6.61 Å². The van der Waals surface area contributed by atoms with Gasteiger partial charge < -0.3 is 10.1 Å². The highest BCUT2D eigenvalue weighted by Gasteiger charge is 2.33. The summed E-state index contributed by atoms with van der Waals surface area (Å²) in [6, 6.07) is 9.63. The molecule has 8 nitrogen and oxygen atoms in total. The first-order chi connectivity index (χ1) is 15.4. The minimum Gasteiger partial charge on any atom is -0.375 e. The molecule has 0 aliphatic carbocycles. The molecule has 0 saturated heterocycles. The van der Waals surface area contributed by atoms with E-state index < -0.39 is 5.41 Å². The second-order valence-electron chi connectivity index (χ2n) is 8.06. The van der Waals surface area contributed by atoms with Crippen LogP contribution in [-0.2, 0) is 30.4 Å². The number of rotatable bonds is 4. The quantitative estimate of drug-likeness (QED) is 0.518. The molecule has 0 bridgehead atoms. The molecule has 0 fully saturated rings. The lowest BCUT2D eigenvalue weighted by Gasteiger charge is -2.30. The van der Waals surface area contributed by atoms with Crippen molar-refractivity contribution < 1.29 is 9.53 Å². The van der Waals surface area contributed by atoms with Crippen molar-refractivity contribution in [1.82, 2.24) is 25.1 Å². The minimum absolute atomic E-state index is 0.212. The molecular formula is C23H20N6O2S. The van der Waals surface area contributed by atoms with Gasteiger partial charge in [-0.15, -0.1) is 11.3 Å². The first-order valence-corrected chi connectivity index (χ1v) is 10.9. The zero-order valence-electron chi connectivity index (χ0n) is 17.6. The van der Waals surface area contributed by atoms with Crippen molar-refractivity contribution in [1.29, 1.82) is 5.26 Å². The molecule has 4 heterocycles. The van der Waals surface area contributed by atoms with Crippen LogP contribution in [-0.4, -0.2) is 32.3 Å². The number of carbonyl (C=O) groups is 1. The van der Waals surface area contributed by atoms with Gasteiger partial charge in [-0.2, -0.15) is 10.4 Å². The van der Waals surface area contributed by atoms with Gasteiger partial charge in [-0.1, -0.05) is 6.07 Å². The van der Waals surface area contributed by atoms with E-state index in [0.29, 0.717) is 18.8 Å². The Balaban J connectivity index is 1.33. The van der Waals surface area contributed by atoms with Crippen molar-refractivity contribution >= 4 is 27.5 Å². The Morgan fingerprint density at radius 1 is 1.38 bits per heavy atom. The van der Waals surface area contributed by atoms with Crippen LogP contribution < -0.4 is 5.32 Å². The van der Waals surface area contributed by atoms with Crippen LogP contribution in [0.3, 0.4) is 0 Å². The summed E-state index contributed by atoms with van der Waals surface area (Å²) < 4.78 is 8.26. The van der Waals surface area contributed by atoms with E-state index in [1.807, 2.05) is 32.3 Å². The number of thiazole rings is 1. The number of hydrogen-bond donors (Lipinski definition) is 1. The average molecular weight is 445 g/mol.